The van der Waals surface area contributed by atoms with E-state index >= 15 is 0 Å². The lowest BCUT2D eigenvalue weighted by molar-refractivity contribution is 0.437. The highest BCUT2D eigenvalue weighted by molar-refractivity contribution is 7.14. The van der Waals surface area contributed by atoms with E-state index in [1.54, 1.807) is 12.1 Å². The van der Waals surface area contributed by atoms with E-state index in [0.717, 1.165) is 16.0 Å². The number of nitrogens with two attached hydrogens (primary N) is 1. The lowest BCUT2D eigenvalue weighted by atomic mass is 10.0. The molecule has 0 spiro atoms. The molecule has 0 aliphatic heterocycles. The number of halogens is 3. The minimum Gasteiger partial charge on any atom is -0.380 e. The molecule has 2 N–H and O–H groups in total. The smallest absolute Gasteiger partial charge is 0.188 e. The molecule has 0 saturated carbocycles. The average molecular weight is 360 g/mol. The third-order valence-electron chi connectivity index (χ3n) is 3.03. The van der Waals surface area contributed by atoms with Crippen LogP contribution in [0.1, 0.15) is 5.56 Å². The molecule has 2 aromatic heterocycles. The van der Waals surface area contributed by atoms with Crippen molar-refractivity contribution in [2.45, 2.75) is 6.92 Å². The zero-order chi connectivity index (χ0) is 15.1. The van der Waals surface area contributed by atoms with E-state index in [-0.39, 0.29) is 5.82 Å². The Kier molecular flexibility index (Phi) is 3.88. The van der Waals surface area contributed by atoms with Crippen LogP contribution in [0.25, 0.3) is 21.8 Å². The maximum Gasteiger partial charge on any atom is 0.188 e. The van der Waals surface area contributed by atoms with Crippen molar-refractivity contribution in [3.05, 3.63) is 44.2 Å². The first-order chi connectivity index (χ1) is 9.99. The highest BCUT2D eigenvalue weighted by Gasteiger charge is 2.22. The SMILES string of the molecule is Cc1csc(-c2onc(N)c2-c2ccc(Cl)c(Cl)c2)c1Cl. The van der Waals surface area contributed by atoms with Crippen LogP contribution in [0, 0.1) is 6.92 Å². The van der Waals surface area contributed by atoms with Crippen molar-refractivity contribution in [2.75, 3.05) is 5.73 Å². The van der Waals surface area contributed by atoms with Crippen LogP contribution in [0.3, 0.4) is 0 Å². The molecule has 3 rings (SSSR count). The molecule has 0 saturated heterocycles. The summed E-state index contributed by atoms with van der Waals surface area (Å²) in [5, 5.41) is 7.35. The van der Waals surface area contributed by atoms with E-state index in [1.807, 2.05) is 18.4 Å². The van der Waals surface area contributed by atoms with E-state index in [4.69, 9.17) is 45.1 Å². The monoisotopic (exact) mass is 358 g/mol. The second kappa shape index (κ2) is 5.54. The Balaban J connectivity index is 2.22. The van der Waals surface area contributed by atoms with E-state index in [1.165, 1.54) is 11.3 Å². The van der Waals surface area contributed by atoms with Gasteiger partial charge >= 0.3 is 0 Å². The summed E-state index contributed by atoms with van der Waals surface area (Å²) in [6.45, 7) is 1.93. The summed E-state index contributed by atoms with van der Waals surface area (Å²) in [4.78, 5) is 0.791. The number of nitrogens with zero attached hydrogens (tertiary/aromatic N) is 1. The van der Waals surface area contributed by atoms with Gasteiger partial charge in [-0.25, -0.2) is 0 Å². The number of aromatic nitrogens is 1. The Morgan fingerprint density at radius 3 is 2.57 bits per heavy atom. The Bertz CT molecular complexity index is 826. The van der Waals surface area contributed by atoms with Gasteiger partial charge in [-0.15, -0.1) is 11.3 Å². The topological polar surface area (TPSA) is 52.0 Å². The van der Waals surface area contributed by atoms with Crippen LogP contribution < -0.4 is 5.73 Å². The fraction of sp³-hybridized carbons (Fsp3) is 0.0714. The van der Waals surface area contributed by atoms with Crippen molar-refractivity contribution in [1.82, 2.24) is 5.16 Å². The number of hydrogen-bond donors (Lipinski definition) is 1. The van der Waals surface area contributed by atoms with Crippen molar-refractivity contribution in [2.24, 2.45) is 0 Å². The van der Waals surface area contributed by atoms with Gasteiger partial charge in [-0.2, -0.15) is 0 Å². The van der Waals surface area contributed by atoms with Crippen LogP contribution in [0.2, 0.25) is 15.1 Å². The van der Waals surface area contributed by atoms with Crippen LogP contribution in [0.5, 0.6) is 0 Å². The van der Waals surface area contributed by atoms with Gasteiger partial charge in [0.1, 0.15) is 0 Å². The minimum atomic E-state index is 0.283. The Morgan fingerprint density at radius 2 is 1.95 bits per heavy atom. The molecule has 0 aliphatic carbocycles. The standard InChI is InChI=1S/C14H9Cl3N2OS/c1-6-5-21-13(11(6)17)12-10(14(18)19-20-12)7-2-3-8(15)9(16)4-7/h2-5H,1H3,(H2,18,19). The van der Waals surface area contributed by atoms with Crippen LogP contribution in [-0.4, -0.2) is 5.16 Å². The van der Waals surface area contributed by atoms with E-state index in [2.05, 4.69) is 5.16 Å². The molecular formula is C14H9Cl3N2OS. The van der Waals surface area contributed by atoms with Crippen molar-refractivity contribution in [3.8, 4) is 21.8 Å². The molecule has 1 aromatic carbocycles. The molecular weight excluding hydrogens is 351 g/mol. The van der Waals surface area contributed by atoms with Crippen LogP contribution in [0.4, 0.5) is 5.82 Å². The van der Waals surface area contributed by atoms with Gasteiger partial charge in [0.15, 0.2) is 11.6 Å². The van der Waals surface area contributed by atoms with Gasteiger partial charge in [-0.1, -0.05) is 46.0 Å². The van der Waals surface area contributed by atoms with Gasteiger partial charge in [0, 0.05) is 0 Å². The normalized spacial score (nSPS) is 11.0. The Hall–Kier alpha value is -1.20. The highest BCUT2D eigenvalue weighted by Crippen LogP contribution is 2.44. The summed E-state index contributed by atoms with van der Waals surface area (Å²) in [5.41, 5.74) is 8.36. The van der Waals surface area contributed by atoms with Crippen molar-refractivity contribution >= 4 is 52.0 Å². The number of anilines is 1. The molecule has 3 nitrogen and oxygen atoms in total. The summed E-state index contributed by atoms with van der Waals surface area (Å²) in [6, 6.07) is 5.25. The number of hydrogen-bond acceptors (Lipinski definition) is 4. The quantitative estimate of drug-likeness (QED) is 0.617. The third-order valence-corrected chi connectivity index (χ3v) is 5.47. The molecule has 0 aliphatic rings. The minimum absolute atomic E-state index is 0.283. The Morgan fingerprint density at radius 1 is 1.19 bits per heavy atom. The van der Waals surface area contributed by atoms with E-state index in [9.17, 15) is 0 Å². The lowest BCUT2D eigenvalue weighted by Crippen LogP contribution is -1.88. The lowest BCUT2D eigenvalue weighted by Gasteiger charge is -2.04. The van der Waals surface area contributed by atoms with Gasteiger partial charge in [0.05, 0.1) is 25.5 Å². The van der Waals surface area contributed by atoms with Gasteiger partial charge in [-0.05, 0) is 35.6 Å². The fourth-order valence-electron chi connectivity index (χ4n) is 1.97. The maximum absolute atomic E-state index is 6.30. The number of rotatable bonds is 2. The van der Waals surface area contributed by atoms with Crippen LogP contribution >= 0.6 is 46.1 Å². The first kappa shape index (κ1) is 14.7. The number of aryl methyl sites for hydroxylation is 1. The zero-order valence-electron chi connectivity index (χ0n) is 10.8. The maximum atomic E-state index is 6.30. The van der Waals surface area contributed by atoms with Crippen molar-refractivity contribution in [1.29, 1.82) is 0 Å². The number of nitrogen functional groups attached to an aromatic ring is 1. The summed E-state index contributed by atoms with van der Waals surface area (Å²) in [5.74, 6) is 0.819. The number of thiophene rings is 1. The molecule has 3 aromatic rings. The predicted octanol–water partition coefficient (Wildman–Crippen LogP) is 5.92. The summed E-state index contributed by atoms with van der Waals surface area (Å²) in [6.07, 6.45) is 0. The second-order valence-corrected chi connectivity index (χ2v) is 6.53. The molecule has 0 bridgehead atoms. The van der Waals surface area contributed by atoms with Gasteiger partial charge in [-0.3, -0.25) is 0 Å². The Labute approximate surface area is 140 Å². The molecule has 21 heavy (non-hydrogen) atoms. The summed E-state index contributed by atoms with van der Waals surface area (Å²) >= 11 is 19.8. The summed E-state index contributed by atoms with van der Waals surface area (Å²) < 4.78 is 5.38. The van der Waals surface area contributed by atoms with E-state index < -0.39 is 0 Å². The van der Waals surface area contributed by atoms with E-state index in [0.29, 0.717) is 26.4 Å². The molecule has 0 atom stereocenters. The van der Waals surface area contributed by atoms with Crippen molar-refractivity contribution in [3.63, 3.8) is 0 Å². The molecule has 0 fully saturated rings. The summed E-state index contributed by atoms with van der Waals surface area (Å²) in [7, 11) is 0. The molecule has 7 heteroatoms. The molecule has 108 valence electrons. The highest BCUT2D eigenvalue weighted by atomic mass is 35.5. The predicted molar refractivity (Wildman–Crippen MR) is 89.4 cm³/mol. The second-order valence-electron chi connectivity index (χ2n) is 4.46. The zero-order valence-corrected chi connectivity index (χ0v) is 13.9. The van der Waals surface area contributed by atoms with Gasteiger partial charge in [0.2, 0.25) is 0 Å². The number of benzene rings is 1. The third kappa shape index (κ3) is 2.53. The fourth-order valence-corrected chi connectivity index (χ4v) is 3.53. The average Bonchev–Trinajstić information content (AvgIpc) is 2.98. The first-order valence-electron chi connectivity index (χ1n) is 5.93. The molecule has 0 radical (unpaired) electrons. The molecule has 0 amide bonds. The first-order valence-corrected chi connectivity index (χ1v) is 7.95. The van der Waals surface area contributed by atoms with Crippen molar-refractivity contribution < 1.29 is 4.52 Å². The molecule has 0 unspecified atom stereocenters. The molecule has 2 heterocycles. The van der Waals surface area contributed by atoms with Gasteiger partial charge < -0.3 is 10.3 Å². The van der Waals surface area contributed by atoms with Crippen LogP contribution in [-0.2, 0) is 0 Å². The van der Waals surface area contributed by atoms with Gasteiger partial charge in [0.25, 0.3) is 0 Å². The van der Waals surface area contributed by atoms with Crippen LogP contribution in [0.15, 0.2) is 28.1 Å². The largest absolute Gasteiger partial charge is 0.380 e.